The van der Waals surface area contributed by atoms with Gasteiger partial charge in [-0.1, -0.05) is 0 Å². The molecule has 0 amide bonds. The van der Waals surface area contributed by atoms with Gasteiger partial charge >= 0.3 is 0 Å². The van der Waals surface area contributed by atoms with E-state index in [9.17, 15) is 0 Å². The van der Waals surface area contributed by atoms with Crippen LogP contribution in [-0.2, 0) is 11.3 Å². The molecule has 0 radical (unpaired) electrons. The molecule has 1 heterocycles. The van der Waals surface area contributed by atoms with Crippen molar-refractivity contribution in [2.75, 3.05) is 13.2 Å². The Hall–Kier alpha value is -0.450. The van der Waals surface area contributed by atoms with Crippen molar-refractivity contribution in [2.24, 2.45) is 0 Å². The predicted molar refractivity (Wildman–Crippen MR) is 59.6 cm³/mol. The first-order chi connectivity index (χ1) is 6.68. The van der Waals surface area contributed by atoms with Gasteiger partial charge in [0.25, 0.3) is 0 Å². The van der Waals surface area contributed by atoms with Gasteiger partial charge in [-0.15, -0.1) is 11.3 Å². The molecule has 0 aliphatic rings. The number of hydrogen-bond donors (Lipinski definition) is 1. The van der Waals surface area contributed by atoms with Crippen LogP contribution in [0.25, 0.3) is 0 Å². The number of aryl methyl sites for hydroxylation is 1. The predicted octanol–water partition coefficient (Wildman–Crippen LogP) is 1.97. The van der Waals surface area contributed by atoms with Gasteiger partial charge in [-0.25, -0.2) is 4.98 Å². The lowest BCUT2D eigenvalue weighted by atomic mass is 10.5. The van der Waals surface area contributed by atoms with Crippen molar-refractivity contribution in [3.63, 3.8) is 0 Å². The monoisotopic (exact) mass is 214 g/mol. The fraction of sp³-hybridized carbons (Fsp3) is 0.700. The molecular weight excluding hydrogens is 196 g/mol. The smallest absolute Gasteiger partial charge is 0.0897 e. The quantitative estimate of drug-likeness (QED) is 0.735. The number of nitrogens with one attached hydrogen (secondary N) is 1. The Morgan fingerprint density at radius 1 is 1.57 bits per heavy atom. The van der Waals surface area contributed by atoms with Gasteiger partial charge in [-0.05, 0) is 20.8 Å². The molecule has 1 rings (SSSR count). The number of thiazole rings is 1. The Bertz CT molecular complexity index is 260. The van der Waals surface area contributed by atoms with E-state index in [1.165, 1.54) is 4.88 Å². The third kappa shape index (κ3) is 4.69. The zero-order valence-electron chi connectivity index (χ0n) is 9.04. The number of hydrogen-bond acceptors (Lipinski definition) is 4. The summed E-state index contributed by atoms with van der Waals surface area (Å²) in [5.74, 6) is 0. The topological polar surface area (TPSA) is 34.2 Å². The van der Waals surface area contributed by atoms with E-state index in [0.717, 1.165) is 24.7 Å². The van der Waals surface area contributed by atoms with E-state index >= 15 is 0 Å². The molecule has 80 valence electrons. The van der Waals surface area contributed by atoms with Gasteiger partial charge in [0.15, 0.2) is 0 Å². The Morgan fingerprint density at radius 2 is 2.36 bits per heavy atom. The second kappa shape index (κ2) is 6.11. The van der Waals surface area contributed by atoms with E-state index in [1.807, 2.05) is 27.0 Å². The Morgan fingerprint density at radius 3 is 2.93 bits per heavy atom. The maximum atomic E-state index is 5.41. The lowest BCUT2D eigenvalue weighted by molar-refractivity contribution is 0.0807. The molecule has 0 saturated carbocycles. The summed E-state index contributed by atoms with van der Waals surface area (Å²) in [6, 6.07) is 0. The maximum absolute atomic E-state index is 5.41. The normalized spacial score (nSPS) is 11.1. The third-order valence-corrected chi connectivity index (χ3v) is 2.61. The molecule has 0 aromatic carbocycles. The first kappa shape index (κ1) is 11.6. The van der Waals surface area contributed by atoms with E-state index in [1.54, 1.807) is 11.3 Å². The van der Waals surface area contributed by atoms with Gasteiger partial charge < -0.3 is 10.1 Å². The van der Waals surface area contributed by atoms with Crippen LogP contribution in [0.15, 0.2) is 6.20 Å². The number of aromatic nitrogens is 1. The van der Waals surface area contributed by atoms with Crippen LogP contribution >= 0.6 is 11.3 Å². The van der Waals surface area contributed by atoms with Crippen LogP contribution in [0.2, 0.25) is 0 Å². The SMILES string of the molecule is Cc1ncc(CNCCOC(C)C)s1. The van der Waals surface area contributed by atoms with Gasteiger partial charge in [-0.3, -0.25) is 0 Å². The molecule has 0 spiro atoms. The summed E-state index contributed by atoms with van der Waals surface area (Å²) in [5, 5.41) is 4.44. The van der Waals surface area contributed by atoms with Crippen molar-refractivity contribution in [2.45, 2.75) is 33.4 Å². The van der Waals surface area contributed by atoms with E-state index in [2.05, 4.69) is 10.3 Å². The van der Waals surface area contributed by atoms with Crippen molar-refractivity contribution in [1.82, 2.24) is 10.3 Å². The lowest BCUT2D eigenvalue weighted by Gasteiger charge is -2.07. The summed E-state index contributed by atoms with van der Waals surface area (Å²) in [4.78, 5) is 5.48. The molecular formula is C10H18N2OS. The fourth-order valence-electron chi connectivity index (χ4n) is 1.07. The minimum absolute atomic E-state index is 0.322. The van der Waals surface area contributed by atoms with Crippen molar-refractivity contribution in [3.05, 3.63) is 16.1 Å². The Balaban J connectivity index is 2.04. The van der Waals surface area contributed by atoms with Crippen molar-refractivity contribution < 1.29 is 4.74 Å². The third-order valence-electron chi connectivity index (χ3n) is 1.70. The van der Waals surface area contributed by atoms with Crippen molar-refractivity contribution in [1.29, 1.82) is 0 Å². The Labute approximate surface area is 89.5 Å². The molecule has 4 heteroatoms. The van der Waals surface area contributed by atoms with Crippen LogP contribution in [0, 0.1) is 6.92 Å². The van der Waals surface area contributed by atoms with E-state index < -0.39 is 0 Å². The summed E-state index contributed by atoms with van der Waals surface area (Å²) < 4.78 is 5.41. The van der Waals surface area contributed by atoms with Crippen molar-refractivity contribution >= 4 is 11.3 Å². The summed E-state index contributed by atoms with van der Waals surface area (Å²) >= 11 is 1.74. The summed E-state index contributed by atoms with van der Waals surface area (Å²) in [7, 11) is 0. The highest BCUT2D eigenvalue weighted by molar-refractivity contribution is 7.11. The molecule has 0 bridgehead atoms. The largest absolute Gasteiger partial charge is 0.377 e. The first-order valence-corrected chi connectivity index (χ1v) is 5.73. The second-order valence-electron chi connectivity index (χ2n) is 3.44. The van der Waals surface area contributed by atoms with Crippen LogP contribution in [0.4, 0.5) is 0 Å². The van der Waals surface area contributed by atoms with E-state index in [-0.39, 0.29) is 0 Å². The molecule has 0 aliphatic carbocycles. The van der Waals surface area contributed by atoms with Crippen molar-refractivity contribution in [3.8, 4) is 0 Å². The van der Waals surface area contributed by atoms with Gasteiger partial charge in [0.1, 0.15) is 0 Å². The zero-order chi connectivity index (χ0) is 10.4. The highest BCUT2D eigenvalue weighted by Gasteiger charge is 1.97. The molecule has 14 heavy (non-hydrogen) atoms. The van der Waals surface area contributed by atoms with E-state index in [4.69, 9.17) is 4.74 Å². The molecule has 0 saturated heterocycles. The molecule has 0 aliphatic heterocycles. The number of nitrogens with zero attached hydrogens (tertiary/aromatic N) is 1. The first-order valence-electron chi connectivity index (χ1n) is 4.92. The van der Waals surface area contributed by atoms with Gasteiger partial charge in [0.2, 0.25) is 0 Å². The average Bonchev–Trinajstić information content (AvgIpc) is 2.50. The standard InChI is InChI=1S/C10H18N2OS/c1-8(2)13-5-4-11-6-10-7-12-9(3)14-10/h7-8,11H,4-6H2,1-3H3. The fourth-order valence-corrected chi connectivity index (χ4v) is 1.83. The van der Waals surface area contributed by atoms with Crippen LogP contribution in [0.1, 0.15) is 23.7 Å². The minimum atomic E-state index is 0.322. The zero-order valence-corrected chi connectivity index (χ0v) is 9.86. The lowest BCUT2D eigenvalue weighted by Crippen LogP contribution is -2.20. The second-order valence-corrected chi connectivity index (χ2v) is 4.76. The van der Waals surface area contributed by atoms with Crippen LogP contribution < -0.4 is 5.32 Å². The van der Waals surface area contributed by atoms with Gasteiger partial charge in [0.05, 0.1) is 17.7 Å². The minimum Gasteiger partial charge on any atom is -0.377 e. The van der Waals surface area contributed by atoms with Gasteiger partial charge in [0, 0.05) is 24.2 Å². The maximum Gasteiger partial charge on any atom is 0.0897 e. The highest BCUT2D eigenvalue weighted by Crippen LogP contribution is 2.10. The molecule has 0 fully saturated rings. The molecule has 1 N–H and O–H groups in total. The summed E-state index contributed by atoms with van der Waals surface area (Å²) in [5.41, 5.74) is 0. The van der Waals surface area contributed by atoms with Gasteiger partial charge in [-0.2, -0.15) is 0 Å². The van der Waals surface area contributed by atoms with Crippen LogP contribution in [0.5, 0.6) is 0 Å². The summed E-state index contributed by atoms with van der Waals surface area (Å²) in [6.07, 6.45) is 2.25. The van der Waals surface area contributed by atoms with Crippen LogP contribution in [-0.4, -0.2) is 24.2 Å². The molecule has 1 aromatic heterocycles. The Kier molecular flexibility index (Phi) is 5.07. The number of ether oxygens (including phenoxy) is 1. The van der Waals surface area contributed by atoms with Crippen LogP contribution in [0.3, 0.4) is 0 Å². The molecule has 1 aromatic rings. The highest BCUT2D eigenvalue weighted by atomic mass is 32.1. The molecule has 3 nitrogen and oxygen atoms in total. The summed E-state index contributed by atoms with van der Waals surface area (Å²) in [6.45, 7) is 8.69. The molecule has 0 atom stereocenters. The average molecular weight is 214 g/mol. The molecule has 0 unspecified atom stereocenters. The number of rotatable bonds is 6. The van der Waals surface area contributed by atoms with E-state index in [0.29, 0.717) is 6.10 Å².